The maximum absolute atomic E-state index is 12.6. The van der Waals surface area contributed by atoms with Crippen molar-refractivity contribution in [2.45, 2.75) is 40.3 Å². The summed E-state index contributed by atoms with van der Waals surface area (Å²) in [7, 11) is 0. The molecule has 0 saturated heterocycles. The fourth-order valence-electron chi connectivity index (χ4n) is 3.18. The predicted octanol–water partition coefficient (Wildman–Crippen LogP) is 3.94. The zero-order chi connectivity index (χ0) is 20.3. The van der Waals surface area contributed by atoms with Crippen molar-refractivity contribution in [1.82, 2.24) is 19.9 Å². The number of nitrogens with one attached hydrogen (secondary N) is 1. The molecule has 6 nitrogen and oxygen atoms in total. The third-order valence-electron chi connectivity index (χ3n) is 4.64. The molecule has 0 aliphatic heterocycles. The first-order chi connectivity index (χ1) is 13.4. The number of carbonyl (C=O) groups is 1. The normalized spacial score (nSPS) is 10.7. The molecule has 0 radical (unpaired) electrons. The Balaban J connectivity index is 1.80. The van der Waals surface area contributed by atoms with E-state index in [0.717, 1.165) is 22.6 Å². The Morgan fingerprint density at radius 2 is 2.07 bits per heavy atom. The molecule has 2 heterocycles. The molecule has 142 valence electrons. The van der Waals surface area contributed by atoms with E-state index in [9.17, 15) is 10.1 Å². The number of benzene rings is 1. The lowest BCUT2D eigenvalue weighted by Gasteiger charge is -2.12. The van der Waals surface area contributed by atoms with Gasteiger partial charge in [0.25, 0.3) is 5.91 Å². The molecule has 0 spiro atoms. The number of imidazole rings is 1. The quantitative estimate of drug-likeness (QED) is 0.734. The minimum atomic E-state index is -0.165. The smallest absolute Gasteiger partial charge is 0.251 e. The molecule has 1 aromatic carbocycles. The first-order valence-electron chi connectivity index (χ1n) is 9.19. The number of hydrogen-bond acceptors (Lipinski definition) is 4. The lowest BCUT2D eigenvalue weighted by molar-refractivity contribution is 0.0949. The van der Waals surface area contributed by atoms with Gasteiger partial charge in [0.05, 0.1) is 23.5 Å². The number of nitriles is 1. The second-order valence-electron chi connectivity index (χ2n) is 7.00. The summed E-state index contributed by atoms with van der Waals surface area (Å²) in [6, 6.07) is 11.7. The van der Waals surface area contributed by atoms with Crippen LogP contribution in [0.2, 0.25) is 0 Å². The molecule has 1 amide bonds. The molecule has 0 bridgehead atoms. The number of hydrogen-bond donors (Lipinski definition) is 1. The van der Waals surface area contributed by atoms with Gasteiger partial charge < -0.3 is 9.88 Å². The number of nitrogens with zero attached hydrogens (tertiary/aromatic N) is 4. The summed E-state index contributed by atoms with van der Waals surface area (Å²) in [6.07, 6.45) is 3.65. The minimum Gasteiger partial charge on any atom is -0.345 e. The molecule has 28 heavy (non-hydrogen) atoms. The highest BCUT2D eigenvalue weighted by Crippen LogP contribution is 2.23. The summed E-state index contributed by atoms with van der Waals surface area (Å²) < 4.78 is 2.03. The standard InChI is InChI=1S/C22H23N5O/c1-14(2)27-9-8-24-21(27)13-25-22(28)18-7-5-6-17(11-18)20-10-15(3)19(12-23)16(4)26-20/h5-11,14H,13H2,1-4H3,(H,25,28). The topological polar surface area (TPSA) is 83.6 Å². The van der Waals surface area contributed by atoms with Gasteiger partial charge in [0.15, 0.2) is 0 Å². The van der Waals surface area contributed by atoms with E-state index in [0.29, 0.717) is 23.4 Å². The summed E-state index contributed by atoms with van der Waals surface area (Å²) in [6.45, 7) is 8.23. The molecular weight excluding hydrogens is 350 g/mol. The van der Waals surface area contributed by atoms with Crippen LogP contribution in [0.15, 0.2) is 42.7 Å². The van der Waals surface area contributed by atoms with E-state index in [-0.39, 0.29) is 11.9 Å². The van der Waals surface area contributed by atoms with E-state index in [2.05, 4.69) is 35.2 Å². The van der Waals surface area contributed by atoms with Gasteiger partial charge in [-0.1, -0.05) is 12.1 Å². The number of carbonyl (C=O) groups excluding carboxylic acids is 1. The molecule has 0 atom stereocenters. The summed E-state index contributed by atoms with van der Waals surface area (Å²) >= 11 is 0. The van der Waals surface area contributed by atoms with E-state index in [4.69, 9.17) is 0 Å². The van der Waals surface area contributed by atoms with E-state index >= 15 is 0 Å². The van der Waals surface area contributed by atoms with Gasteiger partial charge in [0.2, 0.25) is 0 Å². The van der Waals surface area contributed by atoms with Crippen molar-refractivity contribution in [3.8, 4) is 17.3 Å². The Kier molecular flexibility index (Phi) is 5.55. The van der Waals surface area contributed by atoms with Crippen molar-refractivity contribution in [1.29, 1.82) is 5.26 Å². The molecule has 0 fully saturated rings. The number of amides is 1. The lowest BCUT2D eigenvalue weighted by atomic mass is 10.0. The highest BCUT2D eigenvalue weighted by atomic mass is 16.1. The number of aryl methyl sites for hydroxylation is 2. The molecule has 2 aromatic heterocycles. The van der Waals surface area contributed by atoms with Crippen LogP contribution in [0.5, 0.6) is 0 Å². The van der Waals surface area contributed by atoms with Crippen LogP contribution >= 0.6 is 0 Å². The Morgan fingerprint density at radius 1 is 1.29 bits per heavy atom. The fourth-order valence-corrected chi connectivity index (χ4v) is 3.18. The van der Waals surface area contributed by atoms with Crippen LogP contribution < -0.4 is 5.32 Å². The minimum absolute atomic E-state index is 0.165. The number of aromatic nitrogens is 3. The molecule has 0 unspecified atom stereocenters. The van der Waals surface area contributed by atoms with Crippen LogP contribution in [-0.2, 0) is 6.54 Å². The maximum Gasteiger partial charge on any atom is 0.251 e. The average Bonchev–Trinajstić information content (AvgIpc) is 3.15. The second-order valence-corrected chi connectivity index (χ2v) is 7.00. The van der Waals surface area contributed by atoms with Crippen molar-refractivity contribution in [2.24, 2.45) is 0 Å². The summed E-state index contributed by atoms with van der Waals surface area (Å²) in [4.78, 5) is 21.5. The summed E-state index contributed by atoms with van der Waals surface area (Å²) in [5, 5.41) is 12.1. The van der Waals surface area contributed by atoms with E-state index in [1.54, 1.807) is 12.3 Å². The van der Waals surface area contributed by atoms with Crippen LogP contribution in [-0.4, -0.2) is 20.4 Å². The van der Waals surface area contributed by atoms with Gasteiger partial charge in [-0.25, -0.2) is 4.98 Å². The van der Waals surface area contributed by atoms with Gasteiger partial charge >= 0.3 is 0 Å². The molecule has 1 N–H and O–H groups in total. The Labute approximate surface area is 164 Å². The first-order valence-corrected chi connectivity index (χ1v) is 9.19. The van der Waals surface area contributed by atoms with Crippen LogP contribution in [0.1, 0.15) is 52.9 Å². The van der Waals surface area contributed by atoms with Gasteiger partial charge in [-0.15, -0.1) is 0 Å². The summed E-state index contributed by atoms with van der Waals surface area (Å²) in [5.74, 6) is 0.654. The van der Waals surface area contributed by atoms with Crippen molar-refractivity contribution in [2.75, 3.05) is 0 Å². The van der Waals surface area contributed by atoms with Crippen LogP contribution in [0.4, 0.5) is 0 Å². The number of rotatable bonds is 5. The second kappa shape index (κ2) is 8.05. The third kappa shape index (κ3) is 3.94. The van der Waals surface area contributed by atoms with Gasteiger partial charge in [-0.05, 0) is 51.5 Å². The monoisotopic (exact) mass is 373 g/mol. The first kappa shape index (κ1) is 19.3. The molecule has 0 aliphatic carbocycles. The van der Waals surface area contributed by atoms with E-state index in [1.807, 2.05) is 48.9 Å². The molecule has 3 aromatic rings. The zero-order valence-corrected chi connectivity index (χ0v) is 16.5. The van der Waals surface area contributed by atoms with Crippen molar-refractivity contribution < 1.29 is 4.79 Å². The molecule has 3 rings (SSSR count). The highest BCUT2D eigenvalue weighted by molar-refractivity contribution is 5.95. The van der Waals surface area contributed by atoms with Crippen molar-refractivity contribution >= 4 is 5.91 Å². The highest BCUT2D eigenvalue weighted by Gasteiger charge is 2.12. The average molecular weight is 373 g/mol. The number of pyridine rings is 1. The van der Waals surface area contributed by atoms with Gasteiger partial charge in [0.1, 0.15) is 11.9 Å². The predicted molar refractivity (Wildman–Crippen MR) is 108 cm³/mol. The zero-order valence-electron chi connectivity index (χ0n) is 16.5. The van der Waals surface area contributed by atoms with Gasteiger partial charge in [-0.2, -0.15) is 5.26 Å². The lowest BCUT2D eigenvalue weighted by Crippen LogP contribution is -2.25. The Hall–Kier alpha value is -3.46. The SMILES string of the molecule is Cc1cc(-c2cccc(C(=O)NCc3nccn3C(C)C)c2)nc(C)c1C#N. The van der Waals surface area contributed by atoms with E-state index in [1.165, 1.54) is 0 Å². The van der Waals surface area contributed by atoms with Gasteiger partial charge in [0, 0.05) is 29.6 Å². The molecule has 0 aliphatic rings. The maximum atomic E-state index is 12.6. The van der Waals surface area contributed by atoms with Crippen LogP contribution in [0.25, 0.3) is 11.3 Å². The molecule has 0 saturated carbocycles. The van der Waals surface area contributed by atoms with Gasteiger partial charge in [-0.3, -0.25) is 9.78 Å². The largest absolute Gasteiger partial charge is 0.345 e. The molecule has 6 heteroatoms. The fraction of sp³-hybridized carbons (Fsp3) is 0.273. The van der Waals surface area contributed by atoms with Crippen molar-refractivity contribution in [3.05, 3.63) is 70.9 Å². The molecular formula is C22H23N5O. The third-order valence-corrected chi connectivity index (χ3v) is 4.64. The van der Waals surface area contributed by atoms with Crippen LogP contribution in [0, 0.1) is 25.2 Å². The summed E-state index contributed by atoms with van der Waals surface area (Å²) in [5.41, 5.74) is 4.30. The Morgan fingerprint density at radius 3 is 2.75 bits per heavy atom. The van der Waals surface area contributed by atoms with E-state index < -0.39 is 0 Å². The van der Waals surface area contributed by atoms with Crippen LogP contribution in [0.3, 0.4) is 0 Å². The Bertz CT molecular complexity index is 1040. The van der Waals surface area contributed by atoms with Crippen molar-refractivity contribution in [3.63, 3.8) is 0 Å².